The first-order valence-electron chi connectivity index (χ1n) is 5.94. The third-order valence-corrected chi connectivity index (χ3v) is 5.36. The van der Waals surface area contributed by atoms with E-state index in [0.29, 0.717) is 6.54 Å². The first-order valence-corrected chi connectivity index (χ1v) is 7.76. The summed E-state index contributed by atoms with van der Waals surface area (Å²) >= 11 is 6.01. The number of sulfonamides is 1. The molecule has 7 heteroatoms. The molecule has 0 bridgehead atoms. The molecule has 1 fully saturated rings. The molecular formula is C12H15ClN2O3S. The molecule has 2 rings (SSSR count). The molecule has 0 unspecified atom stereocenters. The molecule has 1 heterocycles. The van der Waals surface area contributed by atoms with Crippen molar-refractivity contribution in [1.82, 2.24) is 9.62 Å². The van der Waals surface area contributed by atoms with Crippen LogP contribution in [0.4, 0.5) is 0 Å². The molecular weight excluding hydrogens is 288 g/mol. The molecule has 1 aliphatic rings. The zero-order valence-corrected chi connectivity index (χ0v) is 12.1. The van der Waals surface area contributed by atoms with Crippen molar-refractivity contribution >= 4 is 27.5 Å². The largest absolute Gasteiger partial charge is 0.355 e. The van der Waals surface area contributed by atoms with Gasteiger partial charge in [-0.1, -0.05) is 17.7 Å². The van der Waals surface area contributed by atoms with E-state index in [1.807, 2.05) is 6.92 Å². The van der Waals surface area contributed by atoms with E-state index in [4.69, 9.17) is 11.6 Å². The van der Waals surface area contributed by atoms with Crippen LogP contribution in [0.3, 0.4) is 0 Å². The molecule has 0 spiro atoms. The van der Waals surface area contributed by atoms with Gasteiger partial charge in [0.25, 0.3) is 0 Å². The van der Waals surface area contributed by atoms with Crippen molar-refractivity contribution in [3.05, 3.63) is 28.8 Å². The van der Waals surface area contributed by atoms with E-state index in [-0.39, 0.29) is 35.3 Å². The number of nitrogens with one attached hydrogen (secondary N) is 1. The normalized spacial score (nSPS) is 17.9. The van der Waals surface area contributed by atoms with E-state index >= 15 is 0 Å². The number of nitrogens with zero attached hydrogens (tertiary/aromatic N) is 1. The maximum absolute atomic E-state index is 12.5. The van der Waals surface area contributed by atoms with Crippen molar-refractivity contribution < 1.29 is 13.2 Å². The molecule has 19 heavy (non-hydrogen) atoms. The highest BCUT2D eigenvalue weighted by molar-refractivity contribution is 7.89. The van der Waals surface area contributed by atoms with Gasteiger partial charge in [0.15, 0.2) is 0 Å². The van der Waals surface area contributed by atoms with Gasteiger partial charge in [-0.25, -0.2) is 8.42 Å². The molecule has 5 nitrogen and oxygen atoms in total. The molecule has 0 atom stereocenters. The Morgan fingerprint density at radius 2 is 2.05 bits per heavy atom. The van der Waals surface area contributed by atoms with Crippen molar-refractivity contribution in [2.75, 3.05) is 19.6 Å². The molecule has 0 saturated carbocycles. The Morgan fingerprint density at radius 3 is 2.74 bits per heavy atom. The fraction of sp³-hybridized carbons (Fsp3) is 0.417. The molecule has 1 saturated heterocycles. The van der Waals surface area contributed by atoms with Gasteiger partial charge in [0, 0.05) is 26.1 Å². The van der Waals surface area contributed by atoms with Gasteiger partial charge in [0.2, 0.25) is 15.9 Å². The number of benzene rings is 1. The minimum Gasteiger partial charge on any atom is -0.355 e. The minimum atomic E-state index is -3.65. The Labute approximate surface area is 117 Å². The predicted octanol–water partition coefficient (Wildman–Crippen LogP) is 1.16. The van der Waals surface area contributed by atoms with E-state index in [9.17, 15) is 13.2 Å². The summed E-state index contributed by atoms with van der Waals surface area (Å²) in [7, 11) is -3.65. The maximum atomic E-state index is 12.5. The summed E-state index contributed by atoms with van der Waals surface area (Å²) in [6.45, 7) is 2.61. The molecule has 1 aliphatic heterocycles. The molecule has 0 aliphatic carbocycles. The Bertz CT molecular complexity index is 601. The second kappa shape index (κ2) is 5.48. The van der Waals surface area contributed by atoms with Crippen LogP contribution in [0.1, 0.15) is 12.0 Å². The SMILES string of the molecule is Cc1ccc(S(=O)(=O)N2CCNC(=O)CC2)c(Cl)c1. The number of amides is 1. The van der Waals surface area contributed by atoms with Crippen LogP contribution in [0.5, 0.6) is 0 Å². The van der Waals surface area contributed by atoms with Gasteiger partial charge in [0.1, 0.15) is 4.90 Å². The molecule has 0 aromatic heterocycles. The Balaban J connectivity index is 2.33. The number of carbonyl (C=O) groups is 1. The summed E-state index contributed by atoms with van der Waals surface area (Å²) in [5.74, 6) is -0.132. The number of halogens is 1. The predicted molar refractivity (Wildman–Crippen MR) is 72.6 cm³/mol. The second-order valence-electron chi connectivity index (χ2n) is 4.44. The van der Waals surface area contributed by atoms with Crippen LogP contribution in [0.2, 0.25) is 5.02 Å². The first-order chi connectivity index (χ1) is 8.91. The lowest BCUT2D eigenvalue weighted by Gasteiger charge is -2.20. The van der Waals surface area contributed by atoms with Crippen LogP contribution >= 0.6 is 11.6 Å². The number of hydrogen-bond donors (Lipinski definition) is 1. The van der Waals surface area contributed by atoms with Crippen molar-refractivity contribution in [2.24, 2.45) is 0 Å². The highest BCUT2D eigenvalue weighted by Gasteiger charge is 2.28. The van der Waals surface area contributed by atoms with Crippen LogP contribution in [0.25, 0.3) is 0 Å². The number of hydrogen-bond acceptors (Lipinski definition) is 3. The van der Waals surface area contributed by atoms with Crippen LogP contribution in [0.15, 0.2) is 23.1 Å². The van der Waals surface area contributed by atoms with Crippen molar-refractivity contribution in [3.8, 4) is 0 Å². The first kappa shape index (κ1) is 14.3. The molecule has 104 valence electrons. The van der Waals surface area contributed by atoms with Crippen molar-refractivity contribution in [2.45, 2.75) is 18.2 Å². The summed E-state index contributed by atoms with van der Waals surface area (Å²) in [4.78, 5) is 11.3. The third-order valence-electron chi connectivity index (χ3n) is 2.98. The third kappa shape index (κ3) is 3.08. The Morgan fingerprint density at radius 1 is 1.32 bits per heavy atom. The van der Waals surface area contributed by atoms with Crippen LogP contribution in [0, 0.1) is 6.92 Å². The minimum absolute atomic E-state index is 0.0918. The van der Waals surface area contributed by atoms with E-state index in [0.717, 1.165) is 5.56 Å². The van der Waals surface area contributed by atoms with Gasteiger partial charge >= 0.3 is 0 Å². The summed E-state index contributed by atoms with van der Waals surface area (Å²) in [6.07, 6.45) is 0.169. The Kier molecular flexibility index (Phi) is 4.13. The van der Waals surface area contributed by atoms with E-state index in [1.165, 1.54) is 10.4 Å². The summed E-state index contributed by atoms with van der Waals surface area (Å²) in [5, 5.41) is 2.86. The molecule has 1 N–H and O–H groups in total. The van der Waals surface area contributed by atoms with Gasteiger partial charge in [-0.2, -0.15) is 4.31 Å². The van der Waals surface area contributed by atoms with Crippen LogP contribution in [-0.2, 0) is 14.8 Å². The standard InChI is InChI=1S/C12H15ClN2O3S/c1-9-2-3-11(10(13)8-9)19(17,18)15-6-4-12(16)14-5-7-15/h2-3,8H,4-7H2,1H3,(H,14,16). The molecule has 1 amide bonds. The second-order valence-corrected chi connectivity index (χ2v) is 6.75. The van der Waals surface area contributed by atoms with Gasteiger partial charge in [0.05, 0.1) is 5.02 Å². The van der Waals surface area contributed by atoms with Crippen molar-refractivity contribution in [1.29, 1.82) is 0 Å². The number of rotatable bonds is 2. The summed E-state index contributed by atoms with van der Waals surface area (Å²) in [5.41, 5.74) is 0.900. The highest BCUT2D eigenvalue weighted by Crippen LogP contribution is 2.25. The van der Waals surface area contributed by atoms with Gasteiger partial charge in [-0.3, -0.25) is 4.79 Å². The van der Waals surface area contributed by atoms with Crippen molar-refractivity contribution in [3.63, 3.8) is 0 Å². The van der Waals surface area contributed by atoms with E-state index < -0.39 is 10.0 Å². The van der Waals surface area contributed by atoms with Gasteiger partial charge in [-0.05, 0) is 24.6 Å². The summed E-state index contributed by atoms with van der Waals surface area (Å²) < 4.78 is 26.3. The summed E-state index contributed by atoms with van der Waals surface area (Å²) in [6, 6.07) is 4.84. The number of aryl methyl sites for hydroxylation is 1. The monoisotopic (exact) mass is 302 g/mol. The van der Waals surface area contributed by atoms with E-state index in [1.54, 1.807) is 12.1 Å². The smallest absolute Gasteiger partial charge is 0.244 e. The molecule has 1 aromatic carbocycles. The number of carbonyl (C=O) groups excluding carboxylic acids is 1. The van der Waals surface area contributed by atoms with Crippen LogP contribution in [-0.4, -0.2) is 38.3 Å². The average molecular weight is 303 g/mol. The van der Waals surface area contributed by atoms with Gasteiger partial charge < -0.3 is 5.32 Å². The fourth-order valence-electron chi connectivity index (χ4n) is 1.94. The quantitative estimate of drug-likeness (QED) is 0.891. The lowest BCUT2D eigenvalue weighted by molar-refractivity contribution is -0.120. The lowest BCUT2D eigenvalue weighted by atomic mass is 10.2. The highest BCUT2D eigenvalue weighted by atomic mass is 35.5. The van der Waals surface area contributed by atoms with Gasteiger partial charge in [-0.15, -0.1) is 0 Å². The average Bonchev–Trinajstić information content (AvgIpc) is 2.53. The van der Waals surface area contributed by atoms with Crippen LogP contribution < -0.4 is 5.32 Å². The zero-order chi connectivity index (χ0) is 14.0. The van der Waals surface area contributed by atoms with E-state index in [2.05, 4.69) is 5.32 Å². The molecule has 0 radical (unpaired) electrons. The molecule has 1 aromatic rings. The fourth-order valence-corrected chi connectivity index (χ4v) is 3.96. The Hall–Kier alpha value is -1.11. The maximum Gasteiger partial charge on any atom is 0.244 e. The lowest BCUT2D eigenvalue weighted by Crippen LogP contribution is -2.34. The zero-order valence-electron chi connectivity index (χ0n) is 10.5. The topological polar surface area (TPSA) is 66.5 Å².